The number of benzene rings is 2. The Morgan fingerprint density at radius 1 is 1.00 bits per heavy atom. The number of nitrogens with zero attached hydrogens (tertiary/aromatic N) is 3. The molecule has 6 heteroatoms. The van der Waals surface area contributed by atoms with Crippen LogP contribution in [0.2, 0.25) is 0 Å². The molecule has 0 N–H and O–H groups in total. The van der Waals surface area contributed by atoms with Gasteiger partial charge in [0.15, 0.2) is 0 Å². The van der Waals surface area contributed by atoms with E-state index in [9.17, 15) is 9.18 Å². The second-order valence-electron chi connectivity index (χ2n) is 9.12. The topological polar surface area (TPSA) is 36.0 Å². The smallest absolute Gasteiger partial charge is 0.330 e. The number of anilines is 2. The third kappa shape index (κ3) is 4.43. The molecule has 0 unspecified atom stereocenters. The molecule has 0 aromatic heterocycles. The Morgan fingerprint density at radius 2 is 1.70 bits per heavy atom. The Bertz CT molecular complexity index is 917. The van der Waals surface area contributed by atoms with Crippen LogP contribution in [-0.4, -0.2) is 43.8 Å². The largest absolute Gasteiger partial charge is 0.368 e. The van der Waals surface area contributed by atoms with E-state index in [2.05, 4.69) is 28.0 Å². The average molecular weight is 412 g/mol. The molecule has 0 spiro atoms. The second-order valence-corrected chi connectivity index (χ2v) is 9.12. The molecular weight excluding hydrogens is 381 g/mol. The second kappa shape index (κ2) is 8.26. The Balaban J connectivity index is 1.42. The Labute approximate surface area is 178 Å². The maximum atomic E-state index is 13.6. The number of carbonyl (C=O) groups excluding carboxylic acids is 1. The molecule has 4 rings (SSSR count). The molecular formula is C24H30FN3O2. The van der Waals surface area contributed by atoms with Crippen LogP contribution in [0.1, 0.15) is 31.9 Å². The summed E-state index contributed by atoms with van der Waals surface area (Å²) in [5.74, 6) is -0.379. The number of fused-ring (bicyclic) bond motifs is 1. The van der Waals surface area contributed by atoms with Gasteiger partial charge in [-0.2, -0.15) is 0 Å². The highest BCUT2D eigenvalue weighted by Gasteiger charge is 2.29. The van der Waals surface area contributed by atoms with Crippen LogP contribution in [0.4, 0.5) is 15.8 Å². The van der Waals surface area contributed by atoms with E-state index in [4.69, 9.17) is 4.84 Å². The van der Waals surface area contributed by atoms with Crippen molar-refractivity contribution in [2.24, 2.45) is 5.41 Å². The van der Waals surface area contributed by atoms with E-state index < -0.39 is 5.41 Å². The van der Waals surface area contributed by atoms with Crippen molar-refractivity contribution in [3.05, 3.63) is 59.4 Å². The summed E-state index contributed by atoms with van der Waals surface area (Å²) in [6.45, 7) is 10.3. The number of piperazine rings is 1. The minimum atomic E-state index is -0.498. The fourth-order valence-corrected chi connectivity index (χ4v) is 4.07. The van der Waals surface area contributed by atoms with E-state index in [0.29, 0.717) is 19.6 Å². The zero-order chi connectivity index (χ0) is 21.3. The summed E-state index contributed by atoms with van der Waals surface area (Å²) in [5.41, 5.74) is 4.34. The van der Waals surface area contributed by atoms with Gasteiger partial charge in [0.25, 0.3) is 0 Å². The highest BCUT2D eigenvalue weighted by Crippen LogP contribution is 2.37. The number of carbonyl (C=O) groups is 1. The zero-order valence-electron chi connectivity index (χ0n) is 18.0. The van der Waals surface area contributed by atoms with Gasteiger partial charge in [-0.1, -0.05) is 18.2 Å². The molecule has 30 heavy (non-hydrogen) atoms. The van der Waals surface area contributed by atoms with Crippen molar-refractivity contribution in [1.82, 2.24) is 5.06 Å². The summed E-state index contributed by atoms with van der Waals surface area (Å²) in [4.78, 5) is 22.4. The summed E-state index contributed by atoms with van der Waals surface area (Å²) in [6, 6.07) is 13.3. The van der Waals surface area contributed by atoms with Crippen LogP contribution in [0.25, 0.3) is 0 Å². The van der Waals surface area contributed by atoms with Crippen molar-refractivity contribution in [3.8, 4) is 0 Å². The fraction of sp³-hybridized carbons (Fsp3) is 0.458. The molecule has 5 nitrogen and oxygen atoms in total. The number of hydrogen-bond donors (Lipinski definition) is 0. The highest BCUT2D eigenvalue weighted by molar-refractivity contribution is 5.75. The van der Waals surface area contributed by atoms with Gasteiger partial charge in [-0.05, 0) is 57.0 Å². The van der Waals surface area contributed by atoms with Crippen molar-refractivity contribution in [2.45, 2.75) is 33.7 Å². The van der Waals surface area contributed by atoms with E-state index in [1.54, 1.807) is 17.2 Å². The van der Waals surface area contributed by atoms with Crippen molar-refractivity contribution in [2.75, 3.05) is 42.5 Å². The van der Waals surface area contributed by atoms with Gasteiger partial charge in [0.05, 0.1) is 18.5 Å². The van der Waals surface area contributed by atoms with Gasteiger partial charge in [0, 0.05) is 43.1 Å². The lowest BCUT2D eigenvalue weighted by molar-refractivity contribution is -0.201. The van der Waals surface area contributed by atoms with Gasteiger partial charge in [-0.3, -0.25) is 0 Å². The molecule has 0 radical (unpaired) electrons. The molecule has 0 bridgehead atoms. The van der Waals surface area contributed by atoms with E-state index in [1.807, 2.05) is 26.8 Å². The first-order valence-corrected chi connectivity index (χ1v) is 10.6. The first-order chi connectivity index (χ1) is 14.3. The molecule has 1 saturated heterocycles. The lowest BCUT2D eigenvalue weighted by atomic mass is 9.98. The summed E-state index contributed by atoms with van der Waals surface area (Å²) >= 11 is 0. The molecule has 2 aliphatic heterocycles. The van der Waals surface area contributed by atoms with Gasteiger partial charge in [-0.15, -0.1) is 5.06 Å². The molecule has 160 valence electrons. The van der Waals surface area contributed by atoms with E-state index >= 15 is 0 Å². The molecule has 1 fully saturated rings. The molecule has 0 atom stereocenters. The Morgan fingerprint density at radius 3 is 2.40 bits per heavy atom. The molecule has 2 aliphatic rings. The summed E-state index contributed by atoms with van der Waals surface area (Å²) in [6.07, 6.45) is 0.986. The van der Waals surface area contributed by atoms with Crippen molar-refractivity contribution in [3.63, 3.8) is 0 Å². The van der Waals surface area contributed by atoms with E-state index in [1.165, 1.54) is 23.0 Å². The van der Waals surface area contributed by atoms with Crippen LogP contribution >= 0.6 is 0 Å². The minimum absolute atomic E-state index is 0.189. The van der Waals surface area contributed by atoms with Gasteiger partial charge in [0.1, 0.15) is 5.82 Å². The summed E-state index contributed by atoms with van der Waals surface area (Å²) in [5, 5.41) is 1.78. The molecule has 2 aromatic rings. The number of rotatable bonds is 4. The quantitative estimate of drug-likeness (QED) is 0.760. The lowest BCUT2D eigenvalue weighted by Gasteiger charge is -2.36. The number of hydroxylamine groups is 2. The van der Waals surface area contributed by atoms with Gasteiger partial charge < -0.3 is 14.6 Å². The van der Waals surface area contributed by atoms with Crippen LogP contribution in [0.15, 0.2) is 42.5 Å². The van der Waals surface area contributed by atoms with Crippen molar-refractivity contribution >= 4 is 17.3 Å². The van der Waals surface area contributed by atoms with Gasteiger partial charge in [-0.25, -0.2) is 9.18 Å². The molecule has 2 aromatic carbocycles. The van der Waals surface area contributed by atoms with E-state index in [-0.39, 0.29) is 11.8 Å². The number of hydrogen-bond acceptors (Lipinski definition) is 5. The van der Waals surface area contributed by atoms with Crippen molar-refractivity contribution in [1.29, 1.82) is 0 Å². The number of halogens is 1. The SMILES string of the molecule is CC(C)(C)C(=O)ON1CCN(c2cccc3c2CCN3Cc2cccc(F)c2)CC1. The van der Waals surface area contributed by atoms with Crippen LogP contribution in [0.5, 0.6) is 0 Å². The summed E-state index contributed by atoms with van der Waals surface area (Å²) < 4.78 is 13.6. The third-order valence-electron chi connectivity index (χ3n) is 5.77. The van der Waals surface area contributed by atoms with Gasteiger partial charge >= 0.3 is 5.97 Å². The average Bonchev–Trinajstić information content (AvgIpc) is 3.11. The maximum absolute atomic E-state index is 13.6. The molecule has 0 amide bonds. The maximum Gasteiger partial charge on any atom is 0.330 e. The monoisotopic (exact) mass is 411 g/mol. The predicted molar refractivity (Wildman–Crippen MR) is 117 cm³/mol. The first-order valence-electron chi connectivity index (χ1n) is 10.6. The Hall–Kier alpha value is -2.60. The van der Waals surface area contributed by atoms with E-state index in [0.717, 1.165) is 31.6 Å². The Kier molecular flexibility index (Phi) is 5.69. The molecule has 0 saturated carbocycles. The first kappa shape index (κ1) is 20.7. The zero-order valence-corrected chi connectivity index (χ0v) is 18.0. The van der Waals surface area contributed by atoms with Crippen LogP contribution in [-0.2, 0) is 22.6 Å². The fourth-order valence-electron chi connectivity index (χ4n) is 4.07. The highest BCUT2D eigenvalue weighted by atomic mass is 19.1. The van der Waals surface area contributed by atoms with Crippen LogP contribution in [0.3, 0.4) is 0 Å². The van der Waals surface area contributed by atoms with Crippen LogP contribution in [0, 0.1) is 11.2 Å². The van der Waals surface area contributed by atoms with Crippen LogP contribution < -0.4 is 9.80 Å². The minimum Gasteiger partial charge on any atom is -0.368 e. The predicted octanol–water partition coefficient (Wildman–Crippen LogP) is 4.01. The molecule has 0 aliphatic carbocycles. The summed E-state index contributed by atoms with van der Waals surface area (Å²) in [7, 11) is 0. The van der Waals surface area contributed by atoms with Gasteiger partial charge in [0.2, 0.25) is 0 Å². The third-order valence-corrected chi connectivity index (χ3v) is 5.77. The molecule has 2 heterocycles. The standard InChI is InChI=1S/C24H30FN3O2/c1-24(2,3)23(29)30-28-14-12-26(13-15-28)21-8-5-9-22-20(21)10-11-27(22)17-18-6-4-7-19(25)16-18/h4-9,16H,10-15,17H2,1-3H3. The lowest BCUT2D eigenvalue weighted by Crippen LogP contribution is -2.48. The normalized spacial score (nSPS) is 17.2. The van der Waals surface area contributed by atoms with Crippen molar-refractivity contribution < 1.29 is 14.0 Å².